The number of hydrogen-bond acceptors (Lipinski definition) is 0. The van der Waals surface area contributed by atoms with Gasteiger partial charge in [-0.1, -0.05) is 0 Å². The second-order valence-corrected chi connectivity index (χ2v) is 20.7. The Balaban J connectivity index is 3.86. The van der Waals surface area contributed by atoms with E-state index in [0.29, 0.717) is 5.92 Å². The Morgan fingerprint density at radius 3 is 2.17 bits per heavy atom. The van der Waals surface area contributed by atoms with Crippen LogP contribution >= 0.6 is 0 Å². The predicted molar refractivity (Wildman–Crippen MR) is 61.3 cm³/mol. The predicted octanol–water partition coefficient (Wildman–Crippen LogP) is 4.09. The second-order valence-electron chi connectivity index (χ2n) is 4.90. The third kappa shape index (κ3) is 6.96. The Bertz CT molecular complexity index is 170. The Hall–Kier alpha value is 0.279. The summed E-state index contributed by atoms with van der Waals surface area (Å²) in [4.78, 5) is 7.37. The van der Waals surface area contributed by atoms with Crippen molar-refractivity contribution in [2.24, 2.45) is 5.92 Å². The molecule has 0 radical (unpaired) electrons. The molecular formula is C11H22Sn. The minimum absolute atomic E-state index is 0.594. The molecule has 70 valence electrons. The average molecular weight is 273 g/mol. The quantitative estimate of drug-likeness (QED) is 0.534. The number of hydrogen-bond donors (Lipinski definition) is 0. The molecule has 0 fully saturated rings. The van der Waals surface area contributed by atoms with Crippen LogP contribution in [-0.2, 0) is 0 Å². The van der Waals surface area contributed by atoms with Crippen LogP contribution in [0, 0.1) is 5.92 Å². The van der Waals surface area contributed by atoms with E-state index in [0.717, 1.165) is 0 Å². The fraction of sp³-hybridized carbons (Fsp3) is 0.636. The third-order valence-electron chi connectivity index (χ3n) is 1.80. The van der Waals surface area contributed by atoms with Gasteiger partial charge >= 0.3 is 81.7 Å². The summed E-state index contributed by atoms with van der Waals surface area (Å²) < 4.78 is 1.33. The topological polar surface area (TPSA) is 0 Å². The summed E-state index contributed by atoms with van der Waals surface area (Å²) in [6.07, 6.45) is 4.52. The van der Waals surface area contributed by atoms with Crippen LogP contribution in [0.3, 0.4) is 0 Å². The standard InChI is InChI=1S/C8H13.3CH3.Sn/c1-5-6-8(4)7(2)3;;;;/h5-7H,1,4H2,2-3H3;3*1H3;/b6-5+;;;;. The van der Waals surface area contributed by atoms with E-state index in [1.54, 1.807) is 0 Å². The first-order valence-electron chi connectivity index (χ1n) is 4.68. The molecule has 0 heterocycles. The van der Waals surface area contributed by atoms with Crippen molar-refractivity contribution in [3.63, 3.8) is 0 Å². The average Bonchev–Trinajstić information content (AvgIpc) is 1.84. The van der Waals surface area contributed by atoms with E-state index in [9.17, 15) is 0 Å². The van der Waals surface area contributed by atoms with Gasteiger partial charge in [0.25, 0.3) is 0 Å². The van der Waals surface area contributed by atoms with Crippen LogP contribution < -0.4 is 0 Å². The molecule has 0 aliphatic heterocycles. The normalized spacial score (nSPS) is 12.8. The molecule has 0 aromatic carbocycles. The van der Waals surface area contributed by atoms with Crippen LogP contribution in [0.15, 0.2) is 24.3 Å². The van der Waals surface area contributed by atoms with Gasteiger partial charge in [-0.25, -0.2) is 0 Å². The van der Waals surface area contributed by atoms with E-state index in [-0.39, 0.29) is 0 Å². The van der Waals surface area contributed by atoms with Crippen molar-refractivity contribution in [2.45, 2.75) is 33.1 Å². The van der Waals surface area contributed by atoms with E-state index >= 15 is 0 Å². The maximum absolute atomic E-state index is 4.01. The van der Waals surface area contributed by atoms with Crippen molar-refractivity contribution in [3.05, 3.63) is 24.3 Å². The van der Waals surface area contributed by atoms with Crippen LogP contribution in [0.2, 0.25) is 19.3 Å². The van der Waals surface area contributed by atoms with Crippen molar-refractivity contribution < 1.29 is 0 Å². The maximum atomic E-state index is 4.01. The zero-order chi connectivity index (χ0) is 9.78. The Labute approximate surface area is 81.6 Å². The van der Waals surface area contributed by atoms with Gasteiger partial charge in [0.05, 0.1) is 0 Å². The molecule has 0 aliphatic carbocycles. The van der Waals surface area contributed by atoms with Gasteiger partial charge in [-0.3, -0.25) is 0 Å². The van der Waals surface area contributed by atoms with Gasteiger partial charge in [0.15, 0.2) is 0 Å². The van der Waals surface area contributed by atoms with Gasteiger partial charge in [0.1, 0.15) is 0 Å². The first-order valence-corrected chi connectivity index (χ1v) is 15.3. The zero-order valence-corrected chi connectivity index (χ0v) is 12.0. The van der Waals surface area contributed by atoms with E-state index in [1.807, 2.05) is 0 Å². The number of allylic oxidation sites excluding steroid dienone is 3. The molecule has 0 bridgehead atoms. The first kappa shape index (κ1) is 12.3. The molecule has 0 aromatic heterocycles. The van der Waals surface area contributed by atoms with E-state index in [4.69, 9.17) is 0 Å². The Morgan fingerprint density at radius 2 is 1.83 bits per heavy atom. The molecule has 1 heteroatoms. The third-order valence-corrected chi connectivity index (χ3v) is 5.97. The van der Waals surface area contributed by atoms with Gasteiger partial charge in [-0.05, 0) is 0 Å². The summed E-state index contributed by atoms with van der Waals surface area (Å²) in [6, 6.07) is 0. The Morgan fingerprint density at radius 1 is 1.33 bits per heavy atom. The van der Waals surface area contributed by atoms with Gasteiger partial charge < -0.3 is 0 Å². The van der Waals surface area contributed by atoms with Crippen molar-refractivity contribution in [3.8, 4) is 0 Å². The summed E-state index contributed by atoms with van der Waals surface area (Å²) in [6.45, 7) is 8.39. The second kappa shape index (κ2) is 5.10. The summed E-state index contributed by atoms with van der Waals surface area (Å²) in [5.41, 5.74) is 1.26. The van der Waals surface area contributed by atoms with Gasteiger partial charge in [-0.15, -0.1) is 0 Å². The van der Waals surface area contributed by atoms with E-state index in [2.05, 4.69) is 47.4 Å². The molecule has 12 heavy (non-hydrogen) atoms. The van der Waals surface area contributed by atoms with Crippen molar-refractivity contribution >= 4 is 18.4 Å². The van der Waals surface area contributed by atoms with Crippen molar-refractivity contribution in [1.29, 1.82) is 0 Å². The fourth-order valence-corrected chi connectivity index (χ4v) is 3.11. The van der Waals surface area contributed by atoms with Gasteiger partial charge in [0, 0.05) is 0 Å². The molecule has 0 saturated carbocycles. The van der Waals surface area contributed by atoms with Gasteiger partial charge in [0.2, 0.25) is 0 Å². The SMILES string of the molecule is C=C(/C=C/[CH2][Sn]([CH3])([CH3])[CH3])C(C)C. The molecule has 0 rings (SSSR count). The van der Waals surface area contributed by atoms with Crippen LogP contribution in [-0.4, -0.2) is 18.4 Å². The molecule has 0 nitrogen and oxygen atoms in total. The van der Waals surface area contributed by atoms with Gasteiger partial charge in [-0.2, -0.15) is 0 Å². The zero-order valence-electron chi connectivity index (χ0n) is 9.15. The molecule has 0 unspecified atom stereocenters. The summed E-state index contributed by atoms with van der Waals surface area (Å²) >= 11 is -1.54. The van der Waals surface area contributed by atoms with Crippen LogP contribution in [0.25, 0.3) is 0 Å². The Kier molecular flexibility index (Phi) is 5.22. The summed E-state index contributed by atoms with van der Waals surface area (Å²) in [7, 11) is 0. The van der Waals surface area contributed by atoms with Crippen LogP contribution in [0.1, 0.15) is 13.8 Å². The van der Waals surface area contributed by atoms with Crippen molar-refractivity contribution in [2.75, 3.05) is 0 Å². The van der Waals surface area contributed by atoms with E-state index < -0.39 is 18.4 Å². The fourth-order valence-electron chi connectivity index (χ4n) is 0.756. The molecule has 0 atom stereocenters. The summed E-state index contributed by atoms with van der Waals surface area (Å²) in [5, 5.41) is 0. The van der Waals surface area contributed by atoms with E-state index in [1.165, 1.54) is 10.0 Å². The van der Waals surface area contributed by atoms with Crippen LogP contribution in [0.5, 0.6) is 0 Å². The molecule has 0 N–H and O–H groups in total. The molecule has 0 aromatic rings. The molecule has 0 saturated heterocycles. The molecule has 0 amide bonds. The minimum atomic E-state index is -1.54. The molecule has 0 aliphatic rings. The van der Waals surface area contributed by atoms with Crippen LogP contribution in [0.4, 0.5) is 0 Å². The first-order chi connectivity index (χ1) is 5.33. The number of rotatable bonds is 4. The van der Waals surface area contributed by atoms with Crippen molar-refractivity contribution in [1.82, 2.24) is 0 Å². The summed E-state index contributed by atoms with van der Waals surface area (Å²) in [5.74, 6) is 0.594. The monoisotopic (exact) mass is 274 g/mol. The molecule has 0 spiro atoms. The molecular weight excluding hydrogens is 251 g/mol.